The second-order valence-corrected chi connectivity index (χ2v) is 4.79. The SMILES string of the molecule is CCCc1ccc(NC(=O)c2ccc(Br)o2)cc1. The topological polar surface area (TPSA) is 42.2 Å². The largest absolute Gasteiger partial charge is 0.444 e. The number of furan rings is 1. The highest BCUT2D eigenvalue weighted by Gasteiger charge is 2.10. The van der Waals surface area contributed by atoms with Crippen LogP contribution in [0.25, 0.3) is 0 Å². The first-order valence-electron chi connectivity index (χ1n) is 5.84. The summed E-state index contributed by atoms with van der Waals surface area (Å²) in [5.74, 6) is 0.0449. The zero-order valence-electron chi connectivity index (χ0n) is 10.1. The molecule has 0 atom stereocenters. The number of anilines is 1. The molecule has 94 valence electrons. The molecule has 1 N–H and O–H groups in total. The molecule has 0 aliphatic carbocycles. The van der Waals surface area contributed by atoms with Crippen LogP contribution in [-0.2, 0) is 6.42 Å². The van der Waals surface area contributed by atoms with Crippen molar-refractivity contribution in [1.82, 2.24) is 0 Å². The fourth-order valence-corrected chi connectivity index (χ4v) is 1.98. The number of hydrogen-bond donors (Lipinski definition) is 1. The van der Waals surface area contributed by atoms with Crippen LogP contribution in [-0.4, -0.2) is 5.91 Å². The Kier molecular flexibility index (Phi) is 4.20. The fraction of sp³-hybridized carbons (Fsp3) is 0.214. The van der Waals surface area contributed by atoms with Crippen molar-refractivity contribution < 1.29 is 9.21 Å². The Bertz CT molecular complexity index is 531. The molecule has 0 saturated carbocycles. The van der Waals surface area contributed by atoms with Gasteiger partial charge in [0.2, 0.25) is 0 Å². The van der Waals surface area contributed by atoms with Gasteiger partial charge in [-0.05, 0) is 52.2 Å². The maximum Gasteiger partial charge on any atom is 0.291 e. The minimum atomic E-state index is -0.246. The number of nitrogens with one attached hydrogen (secondary N) is 1. The Morgan fingerprint density at radius 3 is 2.50 bits per heavy atom. The molecule has 1 heterocycles. The number of benzene rings is 1. The molecular formula is C14H14BrNO2. The summed E-state index contributed by atoms with van der Waals surface area (Å²) in [6, 6.07) is 11.2. The molecule has 0 fully saturated rings. The summed E-state index contributed by atoms with van der Waals surface area (Å²) >= 11 is 3.17. The van der Waals surface area contributed by atoms with E-state index < -0.39 is 0 Å². The van der Waals surface area contributed by atoms with Gasteiger partial charge in [-0.2, -0.15) is 0 Å². The van der Waals surface area contributed by atoms with Gasteiger partial charge >= 0.3 is 0 Å². The van der Waals surface area contributed by atoms with Crippen LogP contribution in [0.15, 0.2) is 45.5 Å². The number of carbonyl (C=O) groups excluding carboxylic acids is 1. The monoisotopic (exact) mass is 307 g/mol. The van der Waals surface area contributed by atoms with E-state index in [2.05, 4.69) is 28.2 Å². The van der Waals surface area contributed by atoms with Crippen molar-refractivity contribution in [2.24, 2.45) is 0 Å². The normalized spacial score (nSPS) is 10.3. The third-order valence-corrected chi connectivity index (χ3v) is 2.97. The Balaban J connectivity index is 2.03. The predicted octanol–water partition coefficient (Wildman–Crippen LogP) is 4.25. The van der Waals surface area contributed by atoms with Crippen LogP contribution in [0.3, 0.4) is 0 Å². The van der Waals surface area contributed by atoms with Crippen LogP contribution in [0, 0.1) is 0 Å². The molecule has 3 nitrogen and oxygen atoms in total. The Labute approximate surface area is 114 Å². The minimum absolute atomic E-state index is 0.246. The first-order chi connectivity index (χ1) is 8.69. The standard InChI is InChI=1S/C14H14BrNO2/c1-2-3-10-4-6-11(7-5-10)16-14(17)12-8-9-13(15)18-12/h4-9H,2-3H2,1H3,(H,16,17). The molecule has 1 aromatic heterocycles. The van der Waals surface area contributed by atoms with Crippen LogP contribution in [0.1, 0.15) is 29.5 Å². The van der Waals surface area contributed by atoms with Gasteiger partial charge in [0.1, 0.15) is 0 Å². The quantitative estimate of drug-likeness (QED) is 0.917. The Morgan fingerprint density at radius 2 is 1.94 bits per heavy atom. The number of carbonyl (C=O) groups is 1. The van der Waals surface area contributed by atoms with E-state index >= 15 is 0 Å². The summed E-state index contributed by atoms with van der Waals surface area (Å²) in [5.41, 5.74) is 2.05. The van der Waals surface area contributed by atoms with Crippen molar-refractivity contribution in [3.63, 3.8) is 0 Å². The van der Waals surface area contributed by atoms with E-state index in [9.17, 15) is 4.79 Å². The van der Waals surface area contributed by atoms with Gasteiger partial charge in [0.15, 0.2) is 10.4 Å². The maximum absolute atomic E-state index is 11.8. The Hall–Kier alpha value is -1.55. The molecule has 0 saturated heterocycles. The number of halogens is 1. The molecule has 0 spiro atoms. The molecule has 2 rings (SSSR count). The van der Waals surface area contributed by atoms with E-state index in [0.717, 1.165) is 18.5 Å². The van der Waals surface area contributed by atoms with E-state index in [1.807, 2.05) is 24.3 Å². The van der Waals surface area contributed by atoms with Crippen molar-refractivity contribution in [1.29, 1.82) is 0 Å². The zero-order chi connectivity index (χ0) is 13.0. The molecule has 0 bridgehead atoms. The van der Waals surface area contributed by atoms with Crippen LogP contribution >= 0.6 is 15.9 Å². The summed E-state index contributed by atoms with van der Waals surface area (Å²) in [4.78, 5) is 11.8. The summed E-state index contributed by atoms with van der Waals surface area (Å²) in [7, 11) is 0. The number of hydrogen-bond acceptors (Lipinski definition) is 2. The van der Waals surface area contributed by atoms with Crippen molar-refractivity contribution in [2.75, 3.05) is 5.32 Å². The molecule has 0 aliphatic heterocycles. The van der Waals surface area contributed by atoms with Crippen molar-refractivity contribution >= 4 is 27.5 Å². The highest BCUT2D eigenvalue weighted by atomic mass is 79.9. The van der Waals surface area contributed by atoms with Gasteiger partial charge in [0, 0.05) is 5.69 Å². The predicted molar refractivity (Wildman–Crippen MR) is 74.8 cm³/mol. The lowest BCUT2D eigenvalue weighted by Gasteiger charge is -2.04. The average Bonchev–Trinajstić information content (AvgIpc) is 2.79. The van der Waals surface area contributed by atoms with E-state index in [-0.39, 0.29) is 5.91 Å². The lowest BCUT2D eigenvalue weighted by molar-refractivity contribution is 0.0995. The number of amides is 1. The summed E-state index contributed by atoms with van der Waals surface area (Å²) in [6.07, 6.45) is 2.17. The summed E-state index contributed by atoms with van der Waals surface area (Å²) < 4.78 is 5.73. The van der Waals surface area contributed by atoms with Gasteiger partial charge in [-0.25, -0.2) is 0 Å². The molecule has 2 aromatic rings. The fourth-order valence-electron chi connectivity index (χ4n) is 1.67. The van der Waals surface area contributed by atoms with Gasteiger partial charge in [-0.3, -0.25) is 4.79 Å². The summed E-state index contributed by atoms with van der Waals surface area (Å²) in [6.45, 7) is 2.14. The highest BCUT2D eigenvalue weighted by Crippen LogP contribution is 2.16. The Morgan fingerprint density at radius 1 is 1.22 bits per heavy atom. The van der Waals surface area contributed by atoms with Crippen molar-refractivity contribution in [2.45, 2.75) is 19.8 Å². The molecule has 0 radical (unpaired) electrons. The third-order valence-electron chi connectivity index (χ3n) is 2.55. The lowest BCUT2D eigenvalue weighted by atomic mass is 10.1. The van der Waals surface area contributed by atoms with Gasteiger partial charge in [-0.1, -0.05) is 25.5 Å². The van der Waals surface area contributed by atoms with Gasteiger partial charge < -0.3 is 9.73 Å². The first-order valence-corrected chi connectivity index (χ1v) is 6.64. The molecular weight excluding hydrogens is 294 g/mol. The molecule has 1 amide bonds. The van der Waals surface area contributed by atoms with E-state index in [1.54, 1.807) is 12.1 Å². The smallest absolute Gasteiger partial charge is 0.291 e. The lowest BCUT2D eigenvalue weighted by Crippen LogP contribution is -2.10. The van der Waals surface area contributed by atoms with Crippen LogP contribution in [0.4, 0.5) is 5.69 Å². The van der Waals surface area contributed by atoms with Crippen LogP contribution in [0.2, 0.25) is 0 Å². The highest BCUT2D eigenvalue weighted by molar-refractivity contribution is 9.10. The number of rotatable bonds is 4. The average molecular weight is 308 g/mol. The van der Waals surface area contributed by atoms with Gasteiger partial charge in [-0.15, -0.1) is 0 Å². The molecule has 0 unspecified atom stereocenters. The number of aryl methyl sites for hydroxylation is 1. The van der Waals surface area contributed by atoms with Crippen molar-refractivity contribution in [3.05, 3.63) is 52.4 Å². The van der Waals surface area contributed by atoms with E-state index in [1.165, 1.54) is 5.56 Å². The molecule has 18 heavy (non-hydrogen) atoms. The third kappa shape index (κ3) is 3.23. The zero-order valence-corrected chi connectivity index (χ0v) is 11.7. The van der Waals surface area contributed by atoms with Gasteiger partial charge in [0.05, 0.1) is 0 Å². The molecule has 1 aromatic carbocycles. The van der Waals surface area contributed by atoms with Crippen molar-refractivity contribution in [3.8, 4) is 0 Å². The van der Waals surface area contributed by atoms with E-state index in [0.29, 0.717) is 10.4 Å². The summed E-state index contributed by atoms with van der Waals surface area (Å²) in [5, 5.41) is 2.79. The van der Waals surface area contributed by atoms with Crippen LogP contribution in [0.5, 0.6) is 0 Å². The molecule has 4 heteroatoms. The maximum atomic E-state index is 11.8. The first kappa shape index (κ1) is 12.9. The van der Waals surface area contributed by atoms with Crippen LogP contribution < -0.4 is 5.32 Å². The second kappa shape index (κ2) is 5.87. The molecule has 0 aliphatic rings. The van der Waals surface area contributed by atoms with Gasteiger partial charge in [0.25, 0.3) is 5.91 Å². The van der Waals surface area contributed by atoms with E-state index in [4.69, 9.17) is 4.42 Å². The minimum Gasteiger partial charge on any atom is -0.444 e. The second-order valence-electron chi connectivity index (χ2n) is 4.00.